The van der Waals surface area contributed by atoms with Crippen molar-refractivity contribution in [2.75, 3.05) is 29.0 Å². The molecule has 0 saturated carbocycles. The molecule has 28 nitrogen and oxygen atoms in total. The number of fused-ring (bicyclic) bond motifs is 3. The van der Waals surface area contributed by atoms with Crippen molar-refractivity contribution in [3.8, 4) is 50.3 Å². The van der Waals surface area contributed by atoms with Gasteiger partial charge in [-0.3, -0.25) is 47.8 Å². The van der Waals surface area contributed by atoms with Crippen molar-refractivity contribution in [3.63, 3.8) is 0 Å². The molecule has 2 fully saturated rings. The largest absolute Gasteiger partial charge is 0.573 e. The average Bonchev–Trinajstić information content (AvgIpc) is 1.64. The first-order chi connectivity index (χ1) is 59.7. The number of aromatic nitrogens is 11. The number of hydrogen-bond donors (Lipinski definition) is 3. The van der Waals surface area contributed by atoms with Crippen molar-refractivity contribution in [2.24, 2.45) is 5.10 Å². The minimum atomic E-state index is -5.17. The van der Waals surface area contributed by atoms with E-state index in [2.05, 4.69) is 81.7 Å². The molecule has 10 heterocycles. The van der Waals surface area contributed by atoms with E-state index in [0.29, 0.717) is 88.4 Å². The number of carbonyl (C=O) groups is 9. The molecule has 0 bridgehead atoms. The number of nitrogens with zero attached hydrogens (tertiary/aromatic N) is 15. The van der Waals surface area contributed by atoms with E-state index in [1.807, 2.05) is 67.6 Å². The molecule has 3 N–H and O–H groups in total. The molecule has 3 aliphatic heterocycles. The molecule has 6 amide bonds. The van der Waals surface area contributed by atoms with Crippen LogP contribution in [-0.4, -0.2) is 178 Å². The van der Waals surface area contributed by atoms with Gasteiger partial charge in [-0.1, -0.05) is 66.7 Å². The lowest BCUT2D eigenvalue weighted by Crippen LogP contribution is -2.44. The van der Waals surface area contributed by atoms with Gasteiger partial charge in [-0.15, -0.1) is 13.2 Å². The summed E-state index contributed by atoms with van der Waals surface area (Å²) in [6.45, 7) is 10.1. The van der Waals surface area contributed by atoms with Crippen molar-refractivity contribution in [1.82, 2.24) is 68.6 Å². The Kier molecular flexibility index (Phi) is 25.5. The van der Waals surface area contributed by atoms with Gasteiger partial charge < -0.3 is 39.6 Å². The van der Waals surface area contributed by atoms with Gasteiger partial charge in [0.2, 0.25) is 29.5 Å². The number of nitrogens with one attached hydrogen (secondary N) is 3. The normalized spacial score (nSPS) is 16.0. The number of hydrazone groups is 1. The Morgan fingerprint density at radius 1 is 0.488 bits per heavy atom. The Morgan fingerprint density at radius 3 is 1.45 bits per heavy atom. The number of carbonyl (C=O) groups excluding carboxylic acids is 9. The molecule has 13 aromatic rings. The van der Waals surface area contributed by atoms with Crippen molar-refractivity contribution in [1.29, 1.82) is 0 Å². The van der Waals surface area contributed by atoms with Crippen molar-refractivity contribution in [2.45, 2.75) is 124 Å². The Morgan fingerprint density at radius 2 is 0.944 bits per heavy atom. The second kappa shape index (κ2) is 36.7. The monoisotopic (exact) mass is 1770 g/mol. The molecule has 638 valence electrons. The van der Waals surface area contributed by atoms with E-state index in [-0.39, 0.29) is 61.2 Å². The number of aryl methyl sites for hydroxylation is 4. The SMILES string of the molecule is CC(=O)c1cn(CC(=O)N2C[C@H](F)C[C@H]2C(=O)Nc2cccc(Br)n2)c2ccc(-c3cnc(C)nc3)cc12.CC(=O)c1cn(CC(=O)N2N=CCC2C(=O)Nc2cccc(-c3ccccc3C)c2F)c2ccc(-c3cnc(C)nc3)cc12.CC(=O)c1nn(CC(=O)N2C[C@H](F)C[C@H]2C(=O)Nc2cccc(OC(F)(F)F)c2F)c2ccc(-c3cnc(C)nc3)cc12. The fraction of sp³-hybridized carbons (Fsp3) is 0.236. The number of pyridine rings is 1. The maximum Gasteiger partial charge on any atom is 0.573 e. The van der Waals surface area contributed by atoms with Crippen molar-refractivity contribution < 1.29 is 78.6 Å². The molecule has 36 heteroatoms. The number of Topliss-reactive ketones (excluding diaryl/α,β-unsaturated/α-hetero) is 3. The van der Waals surface area contributed by atoms with Gasteiger partial charge in [0.05, 0.1) is 30.0 Å². The van der Waals surface area contributed by atoms with Gasteiger partial charge in [-0.2, -0.15) is 10.2 Å². The Balaban J connectivity index is 0.000000153. The molecule has 5 atom stereocenters. The highest BCUT2D eigenvalue weighted by Gasteiger charge is 2.43. The van der Waals surface area contributed by atoms with Crippen LogP contribution in [0.5, 0.6) is 5.75 Å². The number of amides is 6. The van der Waals surface area contributed by atoms with Crippen LogP contribution in [-0.2, 0) is 48.4 Å². The standard InChI is InChI=1S/C34H29FN6O3.C28H23F5N6O4.C27H24BrFN6O3/c1-20-7-4-5-8-25(20)26-9-6-10-29(33(26)35)39-34(44)31-13-14-38-41(31)32(43)19-40-18-28(21(2)42)27-15-23(11-12-30(27)40)24-16-36-22(3)37-17-24;1-14(40)26-19-8-16(17-10-34-15(2)35-11-17)6-7-21(19)39(37-26)13-24(41)38-12-18(29)9-22(38)27(42)36-20-4-3-5-23(25(20)30)43-28(31,32)33;1-15(36)21-13-34(22-7-6-17(8-20(21)22)18-10-30-16(2)31-11-18)14-26(37)35-12-19(29)9-23(35)27(38)33-25-5-3-4-24(28)32-25/h4-12,14-18,31H,13,19H2,1-3H3,(H,39,44);3-8,10-11,18,22H,9,12-13H2,1-2H3,(H,36,42);3-8,10-11,13,19,23H,9,12,14H2,1-2H3,(H,32,33,38)/t;18-,22+;19-,23+/m.11/s1. The average molecular weight is 1770 g/mol. The second-order valence-electron chi connectivity index (χ2n) is 29.8. The molecule has 7 aromatic heterocycles. The highest BCUT2D eigenvalue weighted by Crippen LogP contribution is 2.37. The highest BCUT2D eigenvalue weighted by molar-refractivity contribution is 9.10. The summed E-state index contributed by atoms with van der Waals surface area (Å²) >= 11 is 3.25. The number of benzene rings is 6. The van der Waals surface area contributed by atoms with E-state index in [9.17, 15) is 69.5 Å². The number of anilines is 3. The zero-order chi connectivity index (χ0) is 89.0. The molecule has 2 saturated heterocycles. The summed E-state index contributed by atoms with van der Waals surface area (Å²) in [7, 11) is 0. The summed E-state index contributed by atoms with van der Waals surface area (Å²) in [5.41, 5.74) is 8.85. The van der Waals surface area contributed by atoms with Crippen LogP contribution in [0.1, 0.15) is 94.3 Å². The summed E-state index contributed by atoms with van der Waals surface area (Å²) in [6, 6.07) is 33.0. The first kappa shape index (κ1) is 86.9. The molecule has 0 spiro atoms. The summed E-state index contributed by atoms with van der Waals surface area (Å²) in [5, 5.41) is 18.8. The summed E-state index contributed by atoms with van der Waals surface area (Å²) < 4.78 is 106. The van der Waals surface area contributed by atoms with Crippen molar-refractivity contribution in [3.05, 3.63) is 239 Å². The number of halogens is 8. The van der Waals surface area contributed by atoms with Crippen LogP contribution in [0.4, 0.5) is 47.9 Å². The Hall–Kier alpha value is -14.5. The molecule has 125 heavy (non-hydrogen) atoms. The van der Waals surface area contributed by atoms with Gasteiger partial charge in [-0.25, -0.2) is 57.5 Å². The summed E-state index contributed by atoms with van der Waals surface area (Å²) in [6.07, 6.45) is 6.47. The molecule has 0 radical (unpaired) electrons. The maximum absolute atomic E-state index is 15.5. The third-order valence-electron chi connectivity index (χ3n) is 21.1. The molecular formula is C89H76BrF7N18O10. The number of ketones is 3. The predicted octanol–water partition coefficient (Wildman–Crippen LogP) is 14.9. The van der Waals surface area contributed by atoms with Gasteiger partial charge in [-0.05, 0) is 152 Å². The highest BCUT2D eigenvalue weighted by atomic mass is 79.9. The molecule has 1 unspecified atom stereocenters. The van der Waals surface area contributed by atoms with E-state index >= 15 is 4.39 Å². The van der Waals surface area contributed by atoms with E-state index in [1.165, 1.54) is 42.6 Å². The van der Waals surface area contributed by atoms with E-state index < -0.39 is 115 Å². The predicted molar refractivity (Wildman–Crippen MR) is 452 cm³/mol. The Labute approximate surface area is 716 Å². The van der Waals surface area contributed by atoms with Crippen molar-refractivity contribution >= 4 is 125 Å². The van der Waals surface area contributed by atoms with E-state index in [0.717, 1.165) is 61.5 Å². The molecule has 3 aliphatic rings. The number of ether oxygens (including phenoxy) is 1. The molecule has 6 aromatic carbocycles. The molecule has 0 aliphatic carbocycles. The molecular weight excluding hydrogens is 1690 g/mol. The number of likely N-dealkylation sites (tertiary alicyclic amines) is 2. The minimum absolute atomic E-state index is 0.0207. The quantitative estimate of drug-likeness (QED) is 0.0362. The van der Waals surface area contributed by atoms with Gasteiger partial charge in [0, 0.05) is 143 Å². The lowest BCUT2D eigenvalue weighted by molar-refractivity contribution is -0.275. The lowest BCUT2D eigenvalue weighted by atomic mass is 9.99. The first-order valence-electron chi connectivity index (χ1n) is 39.0. The zero-order valence-corrected chi connectivity index (χ0v) is 69.3. The van der Waals surface area contributed by atoms with Gasteiger partial charge in [0.1, 0.15) is 83.7 Å². The van der Waals surface area contributed by atoms with Gasteiger partial charge >= 0.3 is 6.36 Å². The smallest absolute Gasteiger partial charge is 0.403 e. The topological polar surface area (TPSA) is 339 Å². The third kappa shape index (κ3) is 19.6. The second-order valence-corrected chi connectivity index (χ2v) is 30.6. The van der Waals surface area contributed by atoms with Crippen LogP contribution in [0.15, 0.2) is 193 Å². The lowest BCUT2D eigenvalue weighted by Gasteiger charge is -2.24. The summed E-state index contributed by atoms with van der Waals surface area (Å²) in [5.74, 6) is -5.33. The van der Waals surface area contributed by atoms with Crippen LogP contribution >= 0.6 is 15.9 Å². The first-order valence-corrected chi connectivity index (χ1v) is 39.8. The zero-order valence-electron chi connectivity index (χ0n) is 67.8. The van der Waals surface area contributed by atoms with Gasteiger partial charge in [0.25, 0.3) is 5.91 Å². The van der Waals surface area contributed by atoms with Crippen LogP contribution in [0.3, 0.4) is 0 Å². The fourth-order valence-electron chi connectivity index (χ4n) is 14.9. The van der Waals surface area contributed by atoms with Crippen LogP contribution in [0, 0.1) is 39.3 Å². The van der Waals surface area contributed by atoms with Crippen LogP contribution in [0.2, 0.25) is 0 Å². The Bertz CT molecular complexity index is 6460. The number of rotatable bonds is 20. The van der Waals surface area contributed by atoms with E-state index in [4.69, 9.17) is 0 Å². The van der Waals surface area contributed by atoms with Crippen LogP contribution in [0.25, 0.3) is 77.2 Å². The maximum atomic E-state index is 15.5. The third-order valence-corrected chi connectivity index (χ3v) is 21.5. The summed E-state index contributed by atoms with van der Waals surface area (Å²) in [4.78, 5) is 149. The molecule has 16 rings (SSSR count). The van der Waals surface area contributed by atoms with Gasteiger partial charge in [0.15, 0.2) is 34.7 Å². The van der Waals surface area contributed by atoms with Crippen LogP contribution < -0.4 is 20.7 Å². The fourth-order valence-corrected chi connectivity index (χ4v) is 15.3. The van der Waals surface area contributed by atoms with E-state index in [1.54, 1.807) is 128 Å². The number of hydrogen-bond acceptors (Lipinski definition) is 19. The minimum Gasteiger partial charge on any atom is -0.403 e. The number of alkyl halides is 5.